The van der Waals surface area contributed by atoms with Crippen LogP contribution in [0.25, 0.3) is 0 Å². The van der Waals surface area contributed by atoms with Crippen LogP contribution in [0, 0.1) is 0 Å². The molecular weight excluding hydrogens is 384 g/mol. The summed E-state index contributed by atoms with van der Waals surface area (Å²) in [4.78, 5) is 31.0. The number of benzene rings is 1. The first-order valence-corrected chi connectivity index (χ1v) is 9.72. The van der Waals surface area contributed by atoms with Gasteiger partial charge >= 0.3 is 0 Å². The second-order valence-electron chi connectivity index (χ2n) is 7.24. The van der Waals surface area contributed by atoms with Crippen molar-refractivity contribution in [3.8, 4) is 11.6 Å². The van der Waals surface area contributed by atoms with Crippen LogP contribution >= 0.6 is 0 Å². The Morgan fingerprint density at radius 3 is 2.57 bits per heavy atom. The number of nitrogens with zero attached hydrogens (tertiary/aromatic N) is 5. The van der Waals surface area contributed by atoms with E-state index in [2.05, 4.69) is 20.5 Å². The van der Waals surface area contributed by atoms with Gasteiger partial charge in [-0.1, -0.05) is 6.07 Å². The van der Waals surface area contributed by atoms with Crippen molar-refractivity contribution in [2.75, 3.05) is 6.54 Å². The van der Waals surface area contributed by atoms with E-state index in [1.165, 1.54) is 0 Å². The Kier molecular flexibility index (Phi) is 5.42. The zero-order valence-electron chi connectivity index (χ0n) is 16.8. The maximum Gasteiger partial charge on any atom is 0.289 e. The number of ether oxygens (including phenoxy) is 1. The summed E-state index contributed by atoms with van der Waals surface area (Å²) < 4.78 is 7.43. The number of nitrogens with one attached hydrogen (secondary N) is 1. The van der Waals surface area contributed by atoms with Gasteiger partial charge in [-0.3, -0.25) is 9.59 Å². The van der Waals surface area contributed by atoms with Crippen molar-refractivity contribution in [1.82, 2.24) is 30.0 Å². The molecule has 0 saturated heterocycles. The Balaban J connectivity index is 1.43. The Bertz CT molecular complexity index is 1050. The van der Waals surface area contributed by atoms with Crippen molar-refractivity contribution in [1.29, 1.82) is 0 Å². The molecule has 1 aliphatic rings. The highest BCUT2D eigenvalue weighted by molar-refractivity contribution is 5.94. The predicted molar refractivity (Wildman–Crippen MR) is 108 cm³/mol. The number of aromatic nitrogens is 4. The van der Waals surface area contributed by atoms with E-state index < -0.39 is 0 Å². The number of pyridine rings is 1. The average molecular weight is 406 g/mol. The SMILES string of the molecule is CC(C)NC(=O)c1nnc2n1CCN(C(=O)c1ccc(Oc3ccccn3)cc1)C2. The van der Waals surface area contributed by atoms with Gasteiger partial charge in [0, 0.05) is 37.0 Å². The molecule has 4 rings (SSSR count). The molecule has 1 aromatic carbocycles. The van der Waals surface area contributed by atoms with E-state index in [4.69, 9.17) is 4.74 Å². The molecule has 9 nitrogen and oxygen atoms in total. The zero-order valence-corrected chi connectivity index (χ0v) is 16.8. The van der Waals surface area contributed by atoms with E-state index >= 15 is 0 Å². The van der Waals surface area contributed by atoms with Gasteiger partial charge in [-0.2, -0.15) is 0 Å². The minimum Gasteiger partial charge on any atom is -0.439 e. The van der Waals surface area contributed by atoms with Gasteiger partial charge < -0.3 is 19.5 Å². The molecule has 0 bridgehead atoms. The Morgan fingerprint density at radius 2 is 1.87 bits per heavy atom. The first kappa shape index (κ1) is 19.6. The first-order valence-electron chi connectivity index (χ1n) is 9.72. The molecule has 9 heteroatoms. The monoisotopic (exact) mass is 406 g/mol. The molecule has 1 N–H and O–H groups in total. The summed E-state index contributed by atoms with van der Waals surface area (Å²) in [7, 11) is 0. The van der Waals surface area contributed by atoms with Crippen LogP contribution in [-0.2, 0) is 13.1 Å². The molecule has 3 heterocycles. The van der Waals surface area contributed by atoms with E-state index in [1.807, 2.05) is 26.0 Å². The molecule has 2 amide bonds. The van der Waals surface area contributed by atoms with Crippen LogP contribution in [0.5, 0.6) is 11.6 Å². The summed E-state index contributed by atoms with van der Waals surface area (Å²) in [5.41, 5.74) is 0.550. The lowest BCUT2D eigenvalue weighted by Crippen LogP contribution is -2.40. The number of amides is 2. The molecule has 0 radical (unpaired) electrons. The van der Waals surface area contributed by atoms with E-state index in [9.17, 15) is 9.59 Å². The van der Waals surface area contributed by atoms with Gasteiger partial charge in [0.25, 0.3) is 11.8 Å². The van der Waals surface area contributed by atoms with Gasteiger partial charge in [0.05, 0.1) is 6.54 Å². The second-order valence-corrected chi connectivity index (χ2v) is 7.24. The Hall–Kier alpha value is -3.75. The van der Waals surface area contributed by atoms with Gasteiger partial charge in [0.15, 0.2) is 5.82 Å². The molecule has 154 valence electrons. The second kappa shape index (κ2) is 8.32. The van der Waals surface area contributed by atoms with E-state index in [0.717, 1.165) is 0 Å². The standard InChI is InChI=1S/C21H22N6O3/c1-14(2)23-20(28)19-25-24-17-13-26(11-12-27(17)19)21(29)15-6-8-16(9-7-15)30-18-5-3-4-10-22-18/h3-10,14H,11-13H2,1-2H3,(H,23,28). The van der Waals surface area contributed by atoms with Crippen molar-refractivity contribution in [3.05, 3.63) is 65.9 Å². The summed E-state index contributed by atoms with van der Waals surface area (Å²) in [5, 5.41) is 10.9. The summed E-state index contributed by atoms with van der Waals surface area (Å²) in [6.45, 7) is 5.01. The molecule has 1 aliphatic heterocycles. The lowest BCUT2D eigenvalue weighted by molar-refractivity contribution is 0.0706. The number of rotatable bonds is 5. The maximum absolute atomic E-state index is 12.9. The summed E-state index contributed by atoms with van der Waals surface area (Å²) in [6.07, 6.45) is 1.65. The highest BCUT2D eigenvalue weighted by Gasteiger charge is 2.27. The van der Waals surface area contributed by atoms with Crippen LogP contribution < -0.4 is 10.1 Å². The van der Waals surface area contributed by atoms with Crippen LogP contribution in [0.1, 0.15) is 40.6 Å². The summed E-state index contributed by atoms with van der Waals surface area (Å²) >= 11 is 0. The van der Waals surface area contributed by atoms with Gasteiger partial charge in [-0.05, 0) is 44.2 Å². The lowest BCUT2D eigenvalue weighted by Gasteiger charge is -2.27. The molecule has 3 aromatic rings. The zero-order chi connectivity index (χ0) is 21.1. The first-order chi connectivity index (χ1) is 14.5. The Morgan fingerprint density at radius 1 is 1.07 bits per heavy atom. The van der Waals surface area contributed by atoms with E-state index in [-0.39, 0.29) is 23.7 Å². The van der Waals surface area contributed by atoms with Crippen LogP contribution in [0.15, 0.2) is 48.7 Å². The summed E-state index contributed by atoms with van der Waals surface area (Å²) in [5.74, 6) is 1.60. The van der Waals surface area contributed by atoms with Crippen molar-refractivity contribution in [2.45, 2.75) is 33.0 Å². The quantitative estimate of drug-likeness (QED) is 0.697. The number of fused-ring (bicyclic) bond motifs is 1. The van der Waals surface area contributed by atoms with Crippen LogP contribution in [0.3, 0.4) is 0 Å². The number of carbonyl (C=O) groups excluding carboxylic acids is 2. The number of carbonyl (C=O) groups is 2. The van der Waals surface area contributed by atoms with Crippen LogP contribution in [0.2, 0.25) is 0 Å². The molecule has 0 aliphatic carbocycles. The molecule has 0 spiro atoms. The smallest absolute Gasteiger partial charge is 0.289 e. The van der Waals surface area contributed by atoms with Gasteiger partial charge in [-0.15, -0.1) is 10.2 Å². The molecule has 0 saturated carbocycles. The average Bonchev–Trinajstić information content (AvgIpc) is 3.17. The molecule has 30 heavy (non-hydrogen) atoms. The summed E-state index contributed by atoms with van der Waals surface area (Å²) in [6, 6.07) is 12.4. The van der Waals surface area contributed by atoms with Crippen molar-refractivity contribution in [3.63, 3.8) is 0 Å². The van der Waals surface area contributed by atoms with Crippen molar-refractivity contribution < 1.29 is 14.3 Å². The largest absolute Gasteiger partial charge is 0.439 e. The molecular formula is C21H22N6O3. The highest BCUT2D eigenvalue weighted by Crippen LogP contribution is 2.21. The van der Waals surface area contributed by atoms with Gasteiger partial charge in [0.1, 0.15) is 5.75 Å². The Labute approximate surface area is 173 Å². The van der Waals surface area contributed by atoms with E-state index in [1.54, 1.807) is 46.0 Å². The van der Waals surface area contributed by atoms with Crippen LogP contribution in [0.4, 0.5) is 0 Å². The van der Waals surface area contributed by atoms with Crippen molar-refractivity contribution in [2.24, 2.45) is 0 Å². The highest BCUT2D eigenvalue weighted by atomic mass is 16.5. The van der Waals surface area contributed by atoms with Gasteiger partial charge in [-0.25, -0.2) is 4.98 Å². The normalized spacial score (nSPS) is 13.1. The molecule has 0 atom stereocenters. The molecule has 2 aromatic heterocycles. The fraction of sp³-hybridized carbons (Fsp3) is 0.286. The minimum absolute atomic E-state index is 0.0109. The predicted octanol–water partition coefficient (Wildman–Crippen LogP) is 2.26. The third-order valence-electron chi connectivity index (χ3n) is 4.62. The van der Waals surface area contributed by atoms with Gasteiger partial charge in [0.2, 0.25) is 11.7 Å². The third-order valence-corrected chi connectivity index (χ3v) is 4.62. The van der Waals surface area contributed by atoms with Crippen LogP contribution in [-0.4, -0.2) is 49.0 Å². The molecule has 0 unspecified atom stereocenters. The topological polar surface area (TPSA) is 102 Å². The minimum atomic E-state index is -0.257. The van der Waals surface area contributed by atoms with Crippen molar-refractivity contribution >= 4 is 11.8 Å². The fourth-order valence-electron chi connectivity index (χ4n) is 3.20. The number of hydrogen-bond acceptors (Lipinski definition) is 6. The maximum atomic E-state index is 12.9. The number of hydrogen-bond donors (Lipinski definition) is 1. The van der Waals surface area contributed by atoms with E-state index in [0.29, 0.717) is 42.7 Å². The third kappa shape index (κ3) is 4.14. The fourth-order valence-corrected chi connectivity index (χ4v) is 3.20. The lowest BCUT2D eigenvalue weighted by atomic mass is 10.1. The molecule has 0 fully saturated rings.